The number of methoxy groups -OCH3 is 1. The van der Waals surface area contributed by atoms with Crippen LogP contribution in [0.4, 0.5) is 0 Å². The summed E-state index contributed by atoms with van der Waals surface area (Å²) in [5.41, 5.74) is 6.05. The lowest BCUT2D eigenvalue weighted by atomic mass is 9.98. The van der Waals surface area contributed by atoms with Crippen LogP contribution in [0.2, 0.25) is 0 Å². The minimum absolute atomic E-state index is 0.230. The van der Waals surface area contributed by atoms with Crippen LogP contribution >= 0.6 is 0 Å². The molecule has 0 unspecified atom stereocenters. The van der Waals surface area contributed by atoms with Crippen molar-refractivity contribution in [1.29, 1.82) is 0 Å². The molecule has 0 aliphatic rings. The minimum atomic E-state index is -0.230. The van der Waals surface area contributed by atoms with Crippen molar-refractivity contribution < 1.29 is 14.2 Å². The van der Waals surface area contributed by atoms with Gasteiger partial charge in [0.05, 0.1) is 24.7 Å². The van der Waals surface area contributed by atoms with Crippen molar-refractivity contribution in [2.75, 3.05) is 26.9 Å². The molecule has 5 heteroatoms. The van der Waals surface area contributed by atoms with Gasteiger partial charge in [0.1, 0.15) is 5.75 Å². The molecule has 3 rings (SSSR count). The van der Waals surface area contributed by atoms with E-state index in [-0.39, 0.29) is 6.29 Å². The Morgan fingerprint density at radius 3 is 2.50 bits per heavy atom. The minimum Gasteiger partial charge on any atom is -0.497 e. The fourth-order valence-corrected chi connectivity index (χ4v) is 4.15. The zero-order valence-electron chi connectivity index (χ0n) is 18.7. The Kier molecular flexibility index (Phi) is 7.38. The highest BCUT2D eigenvalue weighted by Gasteiger charge is 2.18. The van der Waals surface area contributed by atoms with Crippen LogP contribution in [-0.2, 0) is 22.6 Å². The molecule has 5 nitrogen and oxygen atoms in total. The first-order valence-electron chi connectivity index (χ1n) is 10.5. The molecule has 0 fully saturated rings. The summed E-state index contributed by atoms with van der Waals surface area (Å²) in [5.74, 6) is 3.65. The van der Waals surface area contributed by atoms with Crippen LogP contribution in [0.1, 0.15) is 30.5 Å². The van der Waals surface area contributed by atoms with E-state index in [4.69, 9.17) is 20.6 Å². The lowest BCUT2D eigenvalue weighted by molar-refractivity contribution is -0.133. The van der Waals surface area contributed by atoms with Gasteiger partial charge in [0.15, 0.2) is 6.29 Å². The van der Waals surface area contributed by atoms with Gasteiger partial charge in [0.25, 0.3) is 0 Å². The van der Waals surface area contributed by atoms with Crippen LogP contribution in [0, 0.1) is 26.2 Å². The van der Waals surface area contributed by atoms with Gasteiger partial charge in [0, 0.05) is 37.1 Å². The first kappa shape index (κ1) is 22.2. The summed E-state index contributed by atoms with van der Waals surface area (Å²) in [5, 5.41) is 5.90. The summed E-state index contributed by atoms with van der Waals surface area (Å²) in [4.78, 5) is 0. The van der Waals surface area contributed by atoms with Gasteiger partial charge in [-0.25, -0.2) is 0 Å². The van der Waals surface area contributed by atoms with Gasteiger partial charge in [-0.15, -0.1) is 6.42 Å². The van der Waals surface area contributed by atoms with Gasteiger partial charge in [-0.3, -0.25) is 0 Å². The molecule has 0 bridgehead atoms. The number of hydrogen-bond donors (Lipinski definition) is 1. The van der Waals surface area contributed by atoms with Crippen LogP contribution in [0.15, 0.2) is 24.3 Å². The van der Waals surface area contributed by atoms with Crippen molar-refractivity contribution in [3.05, 3.63) is 41.0 Å². The van der Waals surface area contributed by atoms with Crippen molar-refractivity contribution in [1.82, 2.24) is 9.88 Å². The third kappa shape index (κ3) is 4.32. The normalized spacial score (nSPS) is 11.5. The van der Waals surface area contributed by atoms with E-state index >= 15 is 0 Å². The third-order valence-electron chi connectivity index (χ3n) is 5.47. The largest absolute Gasteiger partial charge is 0.497 e. The third-order valence-corrected chi connectivity index (χ3v) is 5.47. The van der Waals surface area contributed by atoms with Crippen molar-refractivity contribution in [3.63, 3.8) is 0 Å². The van der Waals surface area contributed by atoms with Gasteiger partial charge in [-0.05, 0) is 62.6 Å². The second-order valence-corrected chi connectivity index (χ2v) is 7.35. The summed E-state index contributed by atoms with van der Waals surface area (Å²) in [6.07, 6.45) is 5.46. The number of nitrogens with zero attached hydrogens (tertiary/aromatic N) is 1. The molecule has 160 valence electrons. The average Bonchev–Trinajstić information content (AvgIpc) is 3.06. The van der Waals surface area contributed by atoms with Crippen LogP contribution < -0.4 is 10.1 Å². The molecular formula is C25H32N2O3. The van der Waals surface area contributed by atoms with E-state index in [9.17, 15) is 0 Å². The molecule has 0 saturated carbocycles. The molecule has 0 radical (unpaired) electrons. The molecule has 0 atom stereocenters. The van der Waals surface area contributed by atoms with Crippen LogP contribution in [0.5, 0.6) is 5.75 Å². The molecule has 30 heavy (non-hydrogen) atoms. The van der Waals surface area contributed by atoms with Gasteiger partial charge in [0.2, 0.25) is 0 Å². The van der Waals surface area contributed by atoms with Crippen molar-refractivity contribution >= 4 is 21.8 Å². The van der Waals surface area contributed by atoms with Crippen molar-refractivity contribution in [2.24, 2.45) is 0 Å². The van der Waals surface area contributed by atoms with Gasteiger partial charge in [-0.1, -0.05) is 12.0 Å². The van der Waals surface area contributed by atoms with Gasteiger partial charge >= 0.3 is 0 Å². The number of aryl methyl sites for hydroxylation is 2. The van der Waals surface area contributed by atoms with Crippen LogP contribution in [-0.4, -0.2) is 37.7 Å². The quantitative estimate of drug-likeness (QED) is 0.395. The zero-order valence-corrected chi connectivity index (χ0v) is 18.7. The molecule has 0 saturated heterocycles. The maximum atomic E-state index is 5.69. The lowest BCUT2D eigenvalue weighted by Crippen LogP contribution is -2.31. The van der Waals surface area contributed by atoms with Gasteiger partial charge in [-0.2, -0.15) is 0 Å². The number of ether oxygens (including phenoxy) is 3. The smallest absolute Gasteiger partial charge is 0.169 e. The Bertz CT molecular complexity index is 1060. The number of rotatable bonds is 10. The van der Waals surface area contributed by atoms with E-state index in [1.807, 2.05) is 19.9 Å². The molecule has 0 aliphatic heterocycles. The number of nitrogens with one attached hydrogen (secondary N) is 1. The van der Waals surface area contributed by atoms with E-state index in [1.165, 1.54) is 33.0 Å². The highest BCUT2D eigenvalue weighted by atomic mass is 16.7. The predicted molar refractivity (Wildman–Crippen MR) is 123 cm³/mol. The summed E-state index contributed by atoms with van der Waals surface area (Å²) < 4.78 is 19.0. The summed E-state index contributed by atoms with van der Waals surface area (Å²) in [7, 11) is 1.70. The molecular weight excluding hydrogens is 376 g/mol. The molecule has 1 N–H and O–H groups in total. The number of terminal acetylenes is 1. The molecule has 0 aliphatic carbocycles. The first-order chi connectivity index (χ1) is 14.5. The Morgan fingerprint density at radius 1 is 1.13 bits per heavy atom. The Labute approximate surface area is 179 Å². The number of fused-ring (bicyclic) bond motifs is 3. The van der Waals surface area contributed by atoms with Crippen LogP contribution in [0.25, 0.3) is 21.8 Å². The van der Waals surface area contributed by atoms with E-state index in [1.54, 1.807) is 7.11 Å². The summed E-state index contributed by atoms with van der Waals surface area (Å²) in [6.45, 7) is 11.5. The molecule has 0 spiro atoms. The predicted octanol–water partition coefficient (Wildman–Crippen LogP) is 4.54. The summed E-state index contributed by atoms with van der Waals surface area (Å²) >= 11 is 0. The second-order valence-electron chi connectivity index (χ2n) is 7.35. The van der Waals surface area contributed by atoms with E-state index in [0.717, 1.165) is 17.8 Å². The van der Waals surface area contributed by atoms with Gasteiger partial charge < -0.3 is 24.1 Å². The molecule has 1 aromatic heterocycles. The standard InChI is InChI=1S/C25H32N2O3/c1-7-12-27-22-11-10-20(28-6)14-21(22)24-18(5)19(13-17(4)25(24)27)15-26-16-23(29-8-2)30-9-3/h1,10-11,13-14,23,26H,8-9,12,15-16H2,2-6H3. The molecule has 1 heterocycles. The fraction of sp³-hybridized carbons (Fsp3) is 0.440. The van der Waals surface area contributed by atoms with Crippen molar-refractivity contribution in [2.45, 2.75) is 47.1 Å². The highest BCUT2D eigenvalue weighted by molar-refractivity contribution is 6.11. The fourth-order valence-electron chi connectivity index (χ4n) is 4.15. The van der Waals surface area contributed by atoms with E-state index in [0.29, 0.717) is 26.3 Å². The van der Waals surface area contributed by atoms with Crippen molar-refractivity contribution in [3.8, 4) is 18.1 Å². The Hall–Kier alpha value is -2.52. The number of hydrogen-bond acceptors (Lipinski definition) is 4. The highest BCUT2D eigenvalue weighted by Crippen LogP contribution is 2.37. The topological polar surface area (TPSA) is 44.7 Å². The Balaban J connectivity index is 2.03. The first-order valence-corrected chi connectivity index (χ1v) is 10.5. The maximum absolute atomic E-state index is 5.69. The SMILES string of the molecule is C#CCn1c2ccc(OC)cc2c2c(C)c(CNCC(OCC)OCC)cc(C)c21. The average molecular weight is 409 g/mol. The molecule has 0 amide bonds. The number of aromatic nitrogens is 1. The molecule has 2 aromatic carbocycles. The van der Waals surface area contributed by atoms with E-state index in [2.05, 4.69) is 47.9 Å². The molecule has 3 aromatic rings. The van der Waals surface area contributed by atoms with Crippen LogP contribution in [0.3, 0.4) is 0 Å². The Morgan fingerprint density at radius 2 is 1.87 bits per heavy atom. The van der Waals surface area contributed by atoms with E-state index < -0.39 is 0 Å². The lowest BCUT2D eigenvalue weighted by Gasteiger charge is -2.18. The summed E-state index contributed by atoms with van der Waals surface area (Å²) in [6, 6.07) is 8.44. The monoisotopic (exact) mass is 408 g/mol. The number of benzene rings is 2. The zero-order chi connectivity index (χ0) is 21.7. The maximum Gasteiger partial charge on any atom is 0.169 e. The second kappa shape index (κ2) is 9.99.